The van der Waals surface area contributed by atoms with Crippen molar-refractivity contribution in [3.8, 4) is 0 Å². The first kappa shape index (κ1) is 15.7. The number of nitrogens with zero attached hydrogens (tertiary/aromatic N) is 6. The Morgan fingerprint density at radius 1 is 1.32 bits per heavy atom. The first-order chi connectivity index (χ1) is 11.9. The maximum absolute atomic E-state index is 12.9. The van der Waals surface area contributed by atoms with Crippen molar-refractivity contribution < 1.29 is 4.79 Å². The summed E-state index contributed by atoms with van der Waals surface area (Å²) < 4.78 is 3.41. The number of aromatic nitrogens is 6. The molecule has 0 saturated heterocycles. The Morgan fingerprint density at radius 3 is 2.88 bits per heavy atom. The van der Waals surface area contributed by atoms with Gasteiger partial charge < -0.3 is 5.32 Å². The van der Waals surface area contributed by atoms with Crippen molar-refractivity contribution >= 4 is 33.2 Å². The molecule has 0 fully saturated rings. The molecule has 4 aromatic rings. The summed E-state index contributed by atoms with van der Waals surface area (Å²) in [5, 5.41) is 12.4. The summed E-state index contributed by atoms with van der Waals surface area (Å²) in [6.45, 7) is 5.66. The first-order valence-electron chi connectivity index (χ1n) is 7.84. The van der Waals surface area contributed by atoms with Crippen LogP contribution in [-0.4, -0.2) is 35.3 Å². The van der Waals surface area contributed by atoms with E-state index in [1.807, 2.05) is 34.0 Å². The Morgan fingerprint density at radius 2 is 2.12 bits per heavy atom. The Labute approximate surface area is 147 Å². The van der Waals surface area contributed by atoms with Crippen LogP contribution >= 0.6 is 11.3 Å². The fourth-order valence-electron chi connectivity index (χ4n) is 2.96. The van der Waals surface area contributed by atoms with E-state index < -0.39 is 0 Å². The highest BCUT2D eigenvalue weighted by Crippen LogP contribution is 2.23. The number of hydrogen-bond donors (Lipinski definition) is 1. The van der Waals surface area contributed by atoms with Crippen LogP contribution in [0.2, 0.25) is 0 Å². The number of carbonyl (C=O) groups excluding carboxylic acids is 1. The molecular formula is C16H17N7OS. The Balaban J connectivity index is 1.69. The smallest absolute Gasteiger partial charge is 0.252 e. The van der Waals surface area contributed by atoms with Gasteiger partial charge in [0.2, 0.25) is 4.96 Å². The van der Waals surface area contributed by atoms with Crippen LogP contribution < -0.4 is 5.32 Å². The average Bonchev–Trinajstić information content (AvgIpc) is 3.21. The summed E-state index contributed by atoms with van der Waals surface area (Å²) in [5.74, 6) is -0.164. The Kier molecular flexibility index (Phi) is 3.53. The molecule has 8 nitrogen and oxygen atoms in total. The van der Waals surface area contributed by atoms with Crippen LogP contribution in [0.25, 0.3) is 16.0 Å². The normalized spacial score (nSPS) is 12.8. The van der Waals surface area contributed by atoms with Gasteiger partial charge in [-0.05, 0) is 26.8 Å². The van der Waals surface area contributed by atoms with Gasteiger partial charge in [-0.2, -0.15) is 10.2 Å². The maximum atomic E-state index is 12.9. The van der Waals surface area contributed by atoms with E-state index in [4.69, 9.17) is 0 Å². The molecule has 25 heavy (non-hydrogen) atoms. The molecule has 1 amide bonds. The number of hydrogen-bond acceptors (Lipinski definition) is 6. The molecule has 128 valence electrons. The largest absolute Gasteiger partial charge is 0.344 e. The van der Waals surface area contributed by atoms with Gasteiger partial charge in [0.05, 0.1) is 34.6 Å². The van der Waals surface area contributed by atoms with Gasteiger partial charge in [-0.1, -0.05) is 11.3 Å². The van der Waals surface area contributed by atoms with Crippen LogP contribution in [0, 0.1) is 13.8 Å². The van der Waals surface area contributed by atoms with E-state index >= 15 is 0 Å². The molecule has 0 saturated carbocycles. The quantitative estimate of drug-likeness (QED) is 0.608. The highest BCUT2D eigenvalue weighted by molar-refractivity contribution is 7.14. The molecule has 4 heterocycles. The van der Waals surface area contributed by atoms with Crippen molar-refractivity contribution in [3.05, 3.63) is 40.4 Å². The second-order valence-corrected chi connectivity index (χ2v) is 6.86. The molecule has 0 aliphatic heterocycles. The third-order valence-corrected chi connectivity index (χ3v) is 4.83. The van der Waals surface area contributed by atoms with Crippen LogP contribution in [0.15, 0.2) is 17.8 Å². The van der Waals surface area contributed by atoms with E-state index in [-0.39, 0.29) is 11.9 Å². The Hall–Kier alpha value is -2.81. The lowest BCUT2D eigenvalue weighted by molar-refractivity contribution is 0.0940. The highest BCUT2D eigenvalue weighted by Gasteiger charge is 2.20. The predicted octanol–water partition coefficient (Wildman–Crippen LogP) is 2.18. The van der Waals surface area contributed by atoms with Gasteiger partial charge in [0.25, 0.3) is 5.91 Å². The van der Waals surface area contributed by atoms with E-state index in [9.17, 15) is 4.79 Å². The number of rotatable bonds is 3. The third-order valence-electron chi connectivity index (χ3n) is 4.14. The summed E-state index contributed by atoms with van der Waals surface area (Å²) in [6, 6.07) is 1.56. The fraction of sp³-hybridized carbons (Fsp3) is 0.312. The van der Waals surface area contributed by atoms with Gasteiger partial charge >= 0.3 is 0 Å². The minimum Gasteiger partial charge on any atom is -0.344 e. The number of amides is 1. The van der Waals surface area contributed by atoms with Crippen LogP contribution in [0.4, 0.5) is 0 Å². The van der Waals surface area contributed by atoms with Gasteiger partial charge in [0.1, 0.15) is 5.51 Å². The maximum Gasteiger partial charge on any atom is 0.252 e. The lowest BCUT2D eigenvalue weighted by Crippen LogP contribution is -2.27. The molecule has 4 rings (SSSR count). The van der Waals surface area contributed by atoms with Crippen LogP contribution in [0.1, 0.15) is 40.4 Å². The molecule has 0 spiro atoms. The monoisotopic (exact) mass is 355 g/mol. The molecule has 9 heteroatoms. The topological polar surface area (TPSA) is 90.0 Å². The molecule has 0 aliphatic rings. The summed E-state index contributed by atoms with van der Waals surface area (Å²) >= 11 is 1.46. The summed E-state index contributed by atoms with van der Waals surface area (Å²) in [4.78, 5) is 22.7. The molecule has 4 aromatic heterocycles. The number of nitrogens with one attached hydrogen (secondary N) is 1. The molecule has 0 aliphatic carbocycles. The average molecular weight is 355 g/mol. The summed E-state index contributed by atoms with van der Waals surface area (Å²) in [5.41, 5.74) is 5.37. The van der Waals surface area contributed by atoms with Gasteiger partial charge in [-0.25, -0.2) is 14.5 Å². The Bertz CT molecular complexity index is 1080. The van der Waals surface area contributed by atoms with Crippen LogP contribution in [-0.2, 0) is 7.05 Å². The standard InChI is InChI=1S/C16H17N7OS/c1-8-5-11(13-10(3)21-22(4)14(13)18-8)15(24)19-9(2)12-6-23-16(20-12)25-7-17-23/h5-7,9H,1-4H3,(H,19,24)/t9-/m1/s1. The van der Waals surface area contributed by atoms with E-state index in [0.717, 1.165) is 27.4 Å². The SMILES string of the molecule is Cc1cc(C(=O)N[C@H](C)c2cn3ncsc3n2)c2c(C)nn(C)c2n1. The molecule has 0 bridgehead atoms. The van der Waals surface area contributed by atoms with Crippen molar-refractivity contribution in [2.45, 2.75) is 26.8 Å². The molecule has 1 N–H and O–H groups in total. The van der Waals surface area contributed by atoms with Gasteiger partial charge in [-0.15, -0.1) is 0 Å². The van der Waals surface area contributed by atoms with E-state index in [1.54, 1.807) is 20.8 Å². The van der Waals surface area contributed by atoms with Crippen LogP contribution in [0.3, 0.4) is 0 Å². The molecular weight excluding hydrogens is 338 g/mol. The number of carbonyl (C=O) groups is 1. The molecule has 0 unspecified atom stereocenters. The number of pyridine rings is 1. The minimum absolute atomic E-state index is 0.164. The van der Waals surface area contributed by atoms with Crippen molar-refractivity contribution in [2.75, 3.05) is 0 Å². The van der Waals surface area contributed by atoms with Crippen molar-refractivity contribution in [1.29, 1.82) is 0 Å². The zero-order valence-corrected chi connectivity index (χ0v) is 15.1. The predicted molar refractivity (Wildman–Crippen MR) is 94.7 cm³/mol. The summed E-state index contributed by atoms with van der Waals surface area (Å²) in [7, 11) is 1.83. The zero-order chi connectivity index (χ0) is 17.7. The van der Waals surface area contributed by atoms with E-state index in [1.165, 1.54) is 11.3 Å². The third kappa shape index (κ3) is 2.56. The lowest BCUT2D eigenvalue weighted by atomic mass is 10.1. The van der Waals surface area contributed by atoms with Crippen molar-refractivity contribution in [1.82, 2.24) is 34.7 Å². The van der Waals surface area contributed by atoms with Gasteiger partial charge in [-0.3, -0.25) is 9.48 Å². The number of fused-ring (bicyclic) bond motifs is 2. The number of aryl methyl sites for hydroxylation is 3. The van der Waals surface area contributed by atoms with Gasteiger partial charge in [0, 0.05) is 12.7 Å². The molecule has 0 radical (unpaired) electrons. The highest BCUT2D eigenvalue weighted by atomic mass is 32.1. The minimum atomic E-state index is -0.234. The fourth-order valence-corrected chi connectivity index (χ4v) is 3.57. The van der Waals surface area contributed by atoms with Crippen LogP contribution in [0.5, 0.6) is 0 Å². The molecule has 0 aromatic carbocycles. The van der Waals surface area contributed by atoms with Crippen molar-refractivity contribution in [3.63, 3.8) is 0 Å². The lowest BCUT2D eigenvalue weighted by Gasteiger charge is -2.12. The first-order valence-corrected chi connectivity index (χ1v) is 8.72. The second kappa shape index (κ2) is 5.62. The van der Waals surface area contributed by atoms with E-state index in [2.05, 4.69) is 25.5 Å². The summed E-state index contributed by atoms with van der Waals surface area (Å²) in [6.07, 6.45) is 1.83. The zero-order valence-electron chi connectivity index (χ0n) is 14.3. The van der Waals surface area contributed by atoms with E-state index in [0.29, 0.717) is 11.2 Å². The number of imidazole rings is 1. The van der Waals surface area contributed by atoms with Gasteiger partial charge in [0.15, 0.2) is 5.65 Å². The van der Waals surface area contributed by atoms with Crippen molar-refractivity contribution in [2.24, 2.45) is 7.05 Å². The second-order valence-electron chi connectivity index (χ2n) is 6.05. The molecule has 1 atom stereocenters.